The number of amides is 2. The van der Waals surface area contributed by atoms with Crippen molar-refractivity contribution in [1.29, 1.82) is 0 Å². The summed E-state index contributed by atoms with van der Waals surface area (Å²) in [4.78, 5) is 47.5. The smallest absolute Gasteiger partial charge is 0.277 e. The molecule has 0 spiro atoms. The fraction of sp³-hybridized carbons (Fsp3) is 0.640. The van der Waals surface area contributed by atoms with Gasteiger partial charge in [-0.3, -0.25) is 14.4 Å². The van der Waals surface area contributed by atoms with Crippen LogP contribution >= 0.6 is 11.3 Å². The lowest BCUT2D eigenvalue weighted by Crippen LogP contribution is -2.50. The quantitative estimate of drug-likeness (QED) is 0.647. The van der Waals surface area contributed by atoms with Crippen molar-refractivity contribution in [2.24, 2.45) is 13.0 Å². The van der Waals surface area contributed by atoms with Gasteiger partial charge in [0.05, 0.1) is 17.0 Å². The molecule has 0 radical (unpaired) electrons. The van der Waals surface area contributed by atoms with Gasteiger partial charge < -0.3 is 9.80 Å². The SMILES string of the molecule is Cc1nc(-c2c(C)c(C)nn(C)c2=O)sc1C(=O)N1CCN(C(=O)CCC2CCCCC2)CC1. The number of hydrogen-bond acceptors (Lipinski definition) is 6. The highest BCUT2D eigenvalue weighted by molar-refractivity contribution is 7.17. The molecule has 4 rings (SSSR count). The van der Waals surface area contributed by atoms with E-state index < -0.39 is 0 Å². The Morgan fingerprint density at radius 3 is 2.29 bits per heavy atom. The van der Waals surface area contributed by atoms with Gasteiger partial charge >= 0.3 is 0 Å². The molecule has 0 bridgehead atoms. The van der Waals surface area contributed by atoms with E-state index in [0.717, 1.165) is 17.7 Å². The zero-order valence-electron chi connectivity index (χ0n) is 20.7. The topological polar surface area (TPSA) is 88.4 Å². The lowest BCUT2D eigenvalue weighted by Gasteiger charge is -2.35. The highest BCUT2D eigenvalue weighted by Gasteiger charge is 2.28. The first-order valence-electron chi connectivity index (χ1n) is 12.4. The highest BCUT2D eigenvalue weighted by Crippen LogP contribution is 2.30. The monoisotopic (exact) mass is 485 g/mol. The van der Waals surface area contributed by atoms with Gasteiger partial charge in [0.25, 0.3) is 11.5 Å². The lowest BCUT2D eigenvalue weighted by atomic mass is 9.86. The molecule has 2 aromatic rings. The Bertz CT molecular complexity index is 1120. The molecule has 1 aliphatic heterocycles. The fourth-order valence-electron chi connectivity index (χ4n) is 5.07. The van der Waals surface area contributed by atoms with Crippen LogP contribution in [0.5, 0.6) is 0 Å². The zero-order chi connectivity index (χ0) is 24.4. The van der Waals surface area contributed by atoms with Gasteiger partial charge in [-0.2, -0.15) is 5.10 Å². The number of carbonyl (C=O) groups is 2. The number of hydrogen-bond donors (Lipinski definition) is 0. The van der Waals surface area contributed by atoms with Gasteiger partial charge in [0.1, 0.15) is 9.88 Å². The van der Waals surface area contributed by atoms with Gasteiger partial charge in [0.2, 0.25) is 5.91 Å². The van der Waals surface area contributed by atoms with Gasteiger partial charge in [-0.15, -0.1) is 11.3 Å². The summed E-state index contributed by atoms with van der Waals surface area (Å²) in [5, 5.41) is 4.79. The van der Waals surface area contributed by atoms with Crippen LogP contribution in [0.15, 0.2) is 4.79 Å². The minimum atomic E-state index is -0.212. The van der Waals surface area contributed by atoms with E-state index in [9.17, 15) is 14.4 Å². The van der Waals surface area contributed by atoms with Gasteiger partial charge in [-0.25, -0.2) is 9.67 Å². The van der Waals surface area contributed by atoms with E-state index in [0.29, 0.717) is 59.7 Å². The number of nitrogens with zero attached hydrogens (tertiary/aromatic N) is 5. The van der Waals surface area contributed by atoms with Crippen LogP contribution in [0.25, 0.3) is 10.6 Å². The van der Waals surface area contributed by atoms with E-state index in [-0.39, 0.29) is 17.4 Å². The van der Waals surface area contributed by atoms with Gasteiger partial charge in [-0.1, -0.05) is 32.1 Å². The third-order valence-electron chi connectivity index (χ3n) is 7.34. The summed E-state index contributed by atoms with van der Waals surface area (Å²) < 4.78 is 1.32. The maximum Gasteiger partial charge on any atom is 0.277 e. The Hall–Kier alpha value is -2.55. The molecule has 34 heavy (non-hydrogen) atoms. The summed E-state index contributed by atoms with van der Waals surface area (Å²) in [6.45, 7) is 7.73. The van der Waals surface area contributed by atoms with Crippen molar-refractivity contribution < 1.29 is 9.59 Å². The molecule has 2 amide bonds. The Kier molecular flexibility index (Phi) is 7.50. The van der Waals surface area contributed by atoms with Crippen LogP contribution in [0.4, 0.5) is 0 Å². The van der Waals surface area contributed by atoms with E-state index in [1.54, 1.807) is 11.9 Å². The number of carbonyl (C=O) groups excluding carboxylic acids is 2. The van der Waals surface area contributed by atoms with Gasteiger partial charge in [-0.05, 0) is 38.7 Å². The standard InChI is InChI=1S/C25H35N5O3S/c1-16-17(2)27-28(4)24(32)21(16)23-26-18(3)22(34-23)25(33)30-14-12-29(13-15-30)20(31)11-10-19-8-6-5-7-9-19/h19H,5-15H2,1-4H3. The molecule has 0 aromatic carbocycles. The molecule has 9 heteroatoms. The zero-order valence-corrected chi connectivity index (χ0v) is 21.5. The molecule has 2 aromatic heterocycles. The second-order valence-electron chi connectivity index (χ2n) is 9.66. The van der Waals surface area contributed by atoms with E-state index in [4.69, 9.17) is 0 Å². The van der Waals surface area contributed by atoms with Crippen molar-refractivity contribution in [1.82, 2.24) is 24.6 Å². The fourth-order valence-corrected chi connectivity index (χ4v) is 6.19. The molecule has 1 aliphatic carbocycles. The predicted molar refractivity (Wildman–Crippen MR) is 133 cm³/mol. The molecule has 0 unspecified atom stereocenters. The Balaban J connectivity index is 1.39. The normalized spacial score (nSPS) is 17.3. The Morgan fingerprint density at radius 2 is 1.62 bits per heavy atom. The minimum absolute atomic E-state index is 0.0733. The van der Waals surface area contributed by atoms with Crippen LogP contribution in [0, 0.1) is 26.7 Å². The molecule has 0 N–H and O–H groups in total. The second-order valence-corrected chi connectivity index (χ2v) is 10.7. The van der Waals surface area contributed by atoms with Crippen LogP contribution in [0.3, 0.4) is 0 Å². The van der Waals surface area contributed by atoms with Crippen LogP contribution in [0.1, 0.15) is 71.6 Å². The highest BCUT2D eigenvalue weighted by atomic mass is 32.1. The van der Waals surface area contributed by atoms with Gasteiger partial charge in [0, 0.05) is 39.6 Å². The minimum Gasteiger partial charge on any atom is -0.339 e. The average molecular weight is 486 g/mol. The largest absolute Gasteiger partial charge is 0.339 e. The molecule has 1 saturated heterocycles. The molecular formula is C25H35N5O3S. The first kappa shape index (κ1) is 24.6. The lowest BCUT2D eigenvalue weighted by molar-refractivity contribution is -0.133. The van der Waals surface area contributed by atoms with Crippen LogP contribution < -0.4 is 5.56 Å². The van der Waals surface area contributed by atoms with Crippen molar-refractivity contribution in [2.75, 3.05) is 26.2 Å². The summed E-state index contributed by atoms with van der Waals surface area (Å²) in [6.07, 6.45) is 8.07. The molecule has 3 heterocycles. The number of aryl methyl sites for hydroxylation is 3. The maximum absolute atomic E-state index is 13.3. The molecule has 8 nitrogen and oxygen atoms in total. The maximum atomic E-state index is 13.3. The number of rotatable bonds is 5. The molecule has 1 saturated carbocycles. The third-order valence-corrected chi connectivity index (χ3v) is 8.50. The van der Waals surface area contributed by atoms with Crippen molar-refractivity contribution in [2.45, 2.75) is 65.7 Å². The second kappa shape index (κ2) is 10.4. The number of piperazine rings is 1. The Labute approximate surface area is 205 Å². The van der Waals surface area contributed by atoms with E-state index in [1.165, 1.54) is 48.1 Å². The first-order chi connectivity index (χ1) is 16.3. The first-order valence-corrected chi connectivity index (χ1v) is 13.2. The summed E-state index contributed by atoms with van der Waals surface area (Å²) in [6, 6.07) is 0. The van der Waals surface area contributed by atoms with Crippen LogP contribution in [0.2, 0.25) is 0 Å². The van der Waals surface area contributed by atoms with E-state index in [2.05, 4.69) is 10.1 Å². The van der Waals surface area contributed by atoms with E-state index >= 15 is 0 Å². The van der Waals surface area contributed by atoms with Crippen molar-refractivity contribution >= 4 is 23.2 Å². The third kappa shape index (κ3) is 5.09. The van der Waals surface area contributed by atoms with Crippen molar-refractivity contribution in [3.05, 3.63) is 32.2 Å². The van der Waals surface area contributed by atoms with Crippen molar-refractivity contribution in [3.63, 3.8) is 0 Å². The molecular weight excluding hydrogens is 450 g/mol. The van der Waals surface area contributed by atoms with Crippen LogP contribution in [-0.2, 0) is 11.8 Å². The number of thiazole rings is 1. The molecule has 2 aliphatic rings. The summed E-state index contributed by atoms with van der Waals surface area (Å²) in [5.41, 5.74) is 2.48. The predicted octanol–water partition coefficient (Wildman–Crippen LogP) is 3.47. The molecule has 0 atom stereocenters. The summed E-state index contributed by atoms with van der Waals surface area (Å²) >= 11 is 1.27. The Morgan fingerprint density at radius 1 is 0.971 bits per heavy atom. The summed E-state index contributed by atoms with van der Waals surface area (Å²) in [5.74, 6) is 0.845. The molecule has 2 fully saturated rings. The van der Waals surface area contributed by atoms with Crippen molar-refractivity contribution in [3.8, 4) is 10.6 Å². The molecule has 184 valence electrons. The summed E-state index contributed by atoms with van der Waals surface area (Å²) in [7, 11) is 1.63. The number of aromatic nitrogens is 3. The van der Waals surface area contributed by atoms with Gasteiger partial charge in [0.15, 0.2) is 0 Å². The van der Waals surface area contributed by atoms with E-state index in [1.807, 2.05) is 25.7 Å². The average Bonchev–Trinajstić information content (AvgIpc) is 3.22. The van der Waals surface area contributed by atoms with Crippen LogP contribution in [-0.4, -0.2) is 62.6 Å².